The number of amidine groups is 1. The molecule has 1 aliphatic carbocycles. The average molecular weight is 663 g/mol. The van der Waals surface area contributed by atoms with Crippen molar-refractivity contribution in [1.82, 2.24) is 20.1 Å². The number of hydrogen-bond donors (Lipinski definition) is 1. The van der Waals surface area contributed by atoms with E-state index in [1.165, 1.54) is 47.0 Å². The zero-order valence-electron chi connectivity index (χ0n) is 26.0. The first-order chi connectivity index (χ1) is 22.4. The number of carbonyl (C=O) groups is 2. The molecule has 1 aliphatic heterocycles. The second kappa shape index (κ2) is 13.2. The molecular formula is C34H33F3N6O3S. The molecule has 9 nitrogen and oxygen atoms in total. The third-order valence-electron chi connectivity index (χ3n) is 8.24. The fraction of sp³-hybridized carbons (Fsp3) is 0.324. The molecule has 1 N–H and O–H groups in total. The number of aromatic nitrogens is 3. The van der Waals surface area contributed by atoms with Crippen LogP contribution in [0.25, 0.3) is 17.1 Å². The number of thioether (sulfide) groups is 1. The summed E-state index contributed by atoms with van der Waals surface area (Å²) in [5, 5.41) is 7.92. The number of halogens is 3. The van der Waals surface area contributed by atoms with Gasteiger partial charge in [0.25, 0.3) is 0 Å². The summed E-state index contributed by atoms with van der Waals surface area (Å²) in [4.78, 5) is 36.2. The molecule has 47 heavy (non-hydrogen) atoms. The molecule has 0 spiro atoms. The number of ether oxygens (including phenoxy) is 1. The highest BCUT2D eigenvalue weighted by molar-refractivity contribution is 8.15. The number of nitrogens with zero attached hydrogens (tertiary/aromatic N) is 5. The molecule has 1 saturated carbocycles. The summed E-state index contributed by atoms with van der Waals surface area (Å²) >= 11 is 1.28. The van der Waals surface area contributed by atoms with Gasteiger partial charge in [-0.2, -0.15) is 4.99 Å². The molecule has 1 aromatic heterocycles. The van der Waals surface area contributed by atoms with Gasteiger partial charge in [-0.25, -0.2) is 14.5 Å². The first kappa shape index (κ1) is 32.3. The zero-order chi connectivity index (χ0) is 33.3. The van der Waals surface area contributed by atoms with Gasteiger partial charge in [0.2, 0.25) is 5.91 Å². The normalized spacial score (nSPS) is 19.2. The van der Waals surface area contributed by atoms with Gasteiger partial charge in [-0.1, -0.05) is 62.0 Å². The molecule has 0 bridgehead atoms. The fourth-order valence-electron chi connectivity index (χ4n) is 5.95. The van der Waals surface area contributed by atoms with E-state index in [1.807, 2.05) is 49.4 Å². The summed E-state index contributed by atoms with van der Waals surface area (Å²) in [6.07, 6.45) is -0.771. The first-order valence-corrected chi connectivity index (χ1v) is 16.3. The number of amides is 3. The van der Waals surface area contributed by atoms with Gasteiger partial charge in [0, 0.05) is 11.6 Å². The van der Waals surface area contributed by atoms with Crippen molar-refractivity contribution in [2.24, 2.45) is 4.99 Å². The van der Waals surface area contributed by atoms with Crippen LogP contribution in [0.15, 0.2) is 78.0 Å². The number of urea groups is 1. The Morgan fingerprint density at radius 1 is 1.06 bits per heavy atom. The molecule has 2 heterocycles. The van der Waals surface area contributed by atoms with Crippen LogP contribution in [0.5, 0.6) is 5.75 Å². The lowest BCUT2D eigenvalue weighted by Crippen LogP contribution is -2.34. The Bertz CT molecular complexity index is 1810. The number of aryl methyl sites for hydroxylation is 1. The third kappa shape index (κ3) is 7.51. The van der Waals surface area contributed by atoms with Crippen molar-refractivity contribution >= 4 is 34.6 Å². The van der Waals surface area contributed by atoms with Crippen molar-refractivity contribution in [3.05, 3.63) is 89.7 Å². The van der Waals surface area contributed by atoms with E-state index in [9.17, 15) is 22.8 Å². The Morgan fingerprint density at radius 2 is 1.81 bits per heavy atom. The minimum absolute atomic E-state index is 0.0393. The summed E-state index contributed by atoms with van der Waals surface area (Å²) in [5.41, 5.74) is 5.32. The fourth-order valence-corrected chi connectivity index (χ4v) is 6.81. The van der Waals surface area contributed by atoms with E-state index in [2.05, 4.69) is 39.0 Å². The highest BCUT2D eigenvalue weighted by atomic mass is 32.2. The molecule has 244 valence electrons. The lowest BCUT2D eigenvalue weighted by Gasteiger charge is -2.22. The maximum absolute atomic E-state index is 13.0. The number of benzene rings is 3. The quantitative estimate of drug-likeness (QED) is 0.217. The Balaban J connectivity index is 1.07. The van der Waals surface area contributed by atoms with Crippen LogP contribution in [0.4, 0.5) is 23.7 Å². The topological polar surface area (TPSA) is 102 Å². The van der Waals surface area contributed by atoms with Crippen molar-refractivity contribution in [2.45, 2.75) is 64.3 Å². The molecule has 2 unspecified atom stereocenters. The number of rotatable bonds is 7. The van der Waals surface area contributed by atoms with Crippen LogP contribution in [-0.2, 0) is 4.79 Å². The van der Waals surface area contributed by atoms with Crippen molar-refractivity contribution in [3.63, 3.8) is 0 Å². The van der Waals surface area contributed by atoms with E-state index in [4.69, 9.17) is 0 Å². The Kier molecular flexibility index (Phi) is 9.09. The molecule has 3 amide bonds. The molecule has 2 fully saturated rings. The third-order valence-corrected chi connectivity index (χ3v) is 9.16. The van der Waals surface area contributed by atoms with Crippen LogP contribution in [0.1, 0.15) is 61.6 Å². The molecule has 4 aromatic rings. The summed E-state index contributed by atoms with van der Waals surface area (Å²) in [6.45, 7) is 6.13. The minimum Gasteiger partial charge on any atom is -0.406 e. The van der Waals surface area contributed by atoms with E-state index in [0.29, 0.717) is 16.7 Å². The van der Waals surface area contributed by atoms with E-state index in [1.54, 1.807) is 4.90 Å². The van der Waals surface area contributed by atoms with Crippen molar-refractivity contribution < 1.29 is 27.5 Å². The van der Waals surface area contributed by atoms with Gasteiger partial charge < -0.3 is 10.1 Å². The molecule has 13 heteroatoms. The average Bonchev–Trinajstić information content (AvgIpc) is 3.77. The number of aliphatic imine (C=N–C) groups is 1. The molecular weight excluding hydrogens is 629 g/mol. The van der Waals surface area contributed by atoms with Crippen LogP contribution in [0.2, 0.25) is 0 Å². The summed E-state index contributed by atoms with van der Waals surface area (Å²) in [6, 6.07) is 18.9. The Labute approximate surface area is 274 Å². The van der Waals surface area contributed by atoms with E-state index in [0.717, 1.165) is 47.2 Å². The van der Waals surface area contributed by atoms with Crippen LogP contribution in [0, 0.1) is 6.92 Å². The standard InChI is InChI=1S/C34H33F3N6O3S/c1-20(2)28-15-4-21(3)16-29(28)43-30(44)18-47-33(43)40-32(45)39-25-10-9-24(17-25)22-5-7-23(8-6-22)31-38-19-42(41-31)26-11-13-27(14-12-26)46-34(35,36)37/h4-8,11-16,19-20,24-25H,9-10,17-18H2,1-3H3,(H,39,45)/b40-33-. The molecule has 2 aliphatic rings. The Morgan fingerprint density at radius 3 is 2.51 bits per heavy atom. The van der Waals surface area contributed by atoms with Gasteiger partial charge in [-0.15, -0.1) is 18.3 Å². The maximum Gasteiger partial charge on any atom is 0.573 e. The van der Waals surface area contributed by atoms with Crippen LogP contribution in [0.3, 0.4) is 0 Å². The van der Waals surface area contributed by atoms with E-state index < -0.39 is 12.4 Å². The molecule has 2 atom stereocenters. The van der Waals surface area contributed by atoms with Gasteiger partial charge in [-0.05, 0) is 85.0 Å². The van der Waals surface area contributed by atoms with Crippen molar-refractivity contribution in [2.75, 3.05) is 10.7 Å². The summed E-state index contributed by atoms with van der Waals surface area (Å²) < 4.78 is 42.8. The summed E-state index contributed by atoms with van der Waals surface area (Å²) in [5.74, 6) is 0.773. The number of alkyl halides is 3. The van der Waals surface area contributed by atoms with Gasteiger partial charge in [0.05, 0.1) is 17.1 Å². The first-order valence-electron chi connectivity index (χ1n) is 15.3. The lowest BCUT2D eigenvalue weighted by atomic mass is 9.96. The predicted octanol–water partition coefficient (Wildman–Crippen LogP) is 7.75. The van der Waals surface area contributed by atoms with Crippen LogP contribution >= 0.6 is 11.8 Å². The molecule has 0 radical (unpaired) electrons. The SMILES string of the molecule is Cc1ccc(C(C)C)c(N2C(=O)CS/C2=N\C(=O)NC2CCC(c3ccc(-c4ncn(-c5ccc(OC(F)(F)F)cc5)n4)cc3)C2)c1. The summed E-state index contributed by atoms with van der Waals surface area (Å²) in [7, 11) is 0. The minimum atomic E-state index is -4.75. The number of anilines is 1. The van der Waals surface area contributed by atoms with Gasteiger partial charge in [-0.3, -0.25) is 9.69 Å². The van der Waals surface area contributed by atoms with Crippen molar-refractivity contribution in [3.8, 4) is 22.8 Å². The van der Waals surface area contributed by atoms with E-state index in [-0.39, 0.29) is 35.3 Å². The lowest BCUT2D eigenvalue weighted by molar-refractivity contribution is -0.274. The van der Waals surface area contributed by atoms with Crippen LogP contribution < -0.4 is 15.0 Å². The number of nitrogens with one attached hydrogen (secondary N) is 1. The zero-order valence-corrected chi connectivity index (χ0v) is 26.8. The second-order valence-corrected chi connectivity index (χ2v) is 12.9. The highest BCUT2D eigenvalue weighted by Gasteiger charge is 2.34. The monoisotopic (exact) mass is 662 g/mol. The van der Waals surface area contributed by atoms with E-state index >= 15 is 0 Å². The predicted molar refractivity (Wildman–Crippen MR) is 175 cm³/mol. The second-order valence-electron chi connectivity index (χ2n) is 12.0. The van der Waals surface area contributed by atoms with Gasteiger partial charge >= 0.3 is 12.4 Å². The van der Waals surface area contributed by atoms with Crippen LogP contribution in [-0.4, -0.2) is 50.0 Å². The van der Waals surface area contributed by atoms with Gasteiger partial charge in [0.1, 0.15) is 12.1 Å². The van der Waals surface area contributed by atoms with Gasteiger partial charge in [0.15, 0.2) is 11.0 Å². The molecule has 1 saturated heterocycles. The smallest absolute Gasteiger partial charge is 0.406 e. The Hall–Kier alpha value is -4.65. The largest absolute Gasteiger partial charge is 0.573 e. The molecule has 3 aromatic carbocycles. The highest BCUT2D eigenvalue weighted by Crippen LogP contribution is 2.36. The van der Waals surface area contributed by atoms with Crippen molar-refractivity contribution in [1.29, 1.82) is 0 Å². The molecule has 6 rings (SSSR count). The number of hydrogen-bond acceptors (Lipinski definition) is 6. The maximum atomic E-state index is 13.0. The number of carbonyl (C=O) groups excluding carboxylic acids is 2.